The molecule has 39 heavy (non-hydrogen) atoms. The molecule has 1 aromatic heterocycles. The number of fused-ring (bicyclic) bond motifs is 1. The molecule has 0 atom stereocenters. The maximum atomic E-state index is 14.6. The molecule has 0 aliphatic carbocycles. The first-order valence-electron chi connectivity index (χ1n) is 13.2. The number of hydrogen-bond donors (Lipinski definition) is 0. The number of nitrogens with zero attached hydrogens (tertiary/aromatic N) is 3. The van der Waals surface area contributed by atoms with Gasteiger partial charge in [-0.05, 0) is 76.1 Å². The molecule has 2 aliphatic heterocycles. The van der Waals surface area contributed by atoms with Crippen LogP contribution in [0.4, 0.5) is 17.6 Å². The number of rotatable bonds is 5. The highest BCUT2D eigenvalue weighted by Gasteiger charge is 2.32. The van der Waals surface area contributed by atoms with Crippen LogP contribution in [0.1, 0.15) is 53.6 Å². The highest BCUT2D eigenvalue weighted by atomic mass is 35.5. The third-order valence-corrected chi connectivity index (χ3v) is 8.12. The largest absolute Gasteiger partial charge is 0.465 e. The van der Waals surface area contributed by atoms with E-state index in [2.05, 4.69) is 14.8 Å². The summed E-state index contributed by atoms with van der Waals surface area (Å²) in [6, 6.07) is 7.77. The van der Waals surface area contributed by atoms with Gasteiger partial charge in [0.05, 0.1) is 34.5 Å². The molecule has 5 rings (SSSR count). The number of ether oxygens (including phenoxy) is 1. The molecule has 2 aromatic carbocycles. The van der Waals surface area contributed by atoms with E-state index in [4.69, 9.17) is 16.3 Å². The van der Waals surface area contributed by atoms with Gasteiger partial charge in [0.15, 0.2) is 0 Å². The van der Waals surface area contributed by atoms with Crippen LogP contribution < -0.4 is 0 Å². The fourth-order valence-corrected chi connectivity index (χ4v) is 5.98. The van der Waals surface area contributed by atoms with Gasteiger partial charge < -0.3 is 9.64 Å². The van der Waals surface area contributed by atoms with Gasteiger partial charge in [-0.2, -0.15) is 13.2 Å². The summed E-state index contributed by atoms with van der Waals surface area (Å²) in [4.78, 5) is 22.5. The standard InChI is InChI=1S/C29H30ClF4N3O2/c1-39-28(38)26-21-15-24(31)23(30)16-25(21)35-27(18-6-5-7-19(14-18)29(32,33)34)22(26)17-36-12-8-20(9-13-36)37-10-3-2-4-11-37/h5-7,14-16,20H,2-4,8-13,17H2,1H3. The van der Waals surface area contributed by atoms with Gasteiger partial charge in [-0.1, -0.05) is 30.2 Å². The fourth-order valence-electron chi connectivity index (χ4n) is 5.82. The molecule has 0 saturated carbocycles. The Balaban J connectivity index is 1.59. The number of esters is 1. The molecule has 0 radical (unpaired) electrons. The number of benzene rings is 2. The fraction of sp³-hybridized carbons (Fsp3) is 0.448. The lowest BCUT2D eigenvalue weighted by Gasteiger charge is -2.40. The van der Waals surface area contributed by atoms with Crippen molar-refractivity contribution in [1.82, 2.24) is 14.8 Å². The first kappa shape index (κ1) is 27.8. The number of carbonyl (C=O) groups excluding carboxylic acids is 1. The maximum Gasteiger partial charge on any atom is 0.416 e. The summed E-state index contributed by atoms with van der Waals surface area (Å²) in [5, 5.41) is 0.00558. The summed E-state index contributed by atoms with van der Waals surface area (Å²) < 4.78 is 60.4. The summed E-state index contributed by atoms with van der Waals surface area (Å²) in [7, 11) is 1.22. The van der Waals surface area contributed by atoms with Gasteiger partial charge >= 0.3 is 12.1 Å². The average Bonchev–Trinajstić information content (AvgIpc) is 2.94. The van der Waals surface area contributed by atoms with Crippen molar-refractivity contribution < 1.29 is 27.1 Å². The second-order valence-electron chi connectivity index (χ2n) is 10.3. The van der Waals surface area contributed by atoms with E-state index < -0.39 is 23.5 Å². The van der Waals surface area contributed by atoms with Crippen molar-refractivity contribution in [3.8, 4) is 11.3 Å². The minimum Gasteiger partial charge on any atom is -0.465 e. The van der Waals surface area contributed by atoms with Crippen molar-refractivity contribution in [3.63, 3.8) is 0 Å². The van der Waals surface area contributed by atoms with Crippen LogP contribution in [0.2, 0.25) is 5.02 Å². The number of pyridine rings is 1. The number of halogens is 5. The van der Waals surface area contributed by atoms with E-state index >= 15 is 0 Å². The third kappa shape index (κ3) is 5.90. The Morgan fingerprint density at radius 3 is 2.46 bits per heavy atom. The Morgan fingerprint density at radius 2 is 1.79 bits per heavy atom. The van der Waals surface area contributed by atoms with Gasteiger partial charge in [-0.25, -0.2) is 14.2 Å². The average molecular weight is 564 g/mol. The van der Waals surface area contributed by atoms with Gasteiger partial charge in [-0.15, -0.1) is 0 Å². The zero-order valence-corrected chi connectivity index (χ0v) is 22.4. The second kappa shape index (κ2) is 11.4. The van der Waals surface area contributed by atoms with Crippen LogP contribution in [0.5, 0.6) is 0 Å². The number of aromatic nitrogens is 1. The highest BCUT2D eigenvalue weighted by Crippen LogP contribution is 2.37. The van der Waals surface area contributed by atoms with E-state index in [9.17, 15) is 22.4 Å². The van der Waals surface area contributed by atoms with Crippen LogP contribution >= 0.6 is 11.6 Å². The number of carbonyl (C=O) groups is 1. The number of hydrogen-bond acceptors (Lipinski definition) is 5. The zero-order chi connectivity index (χ0) is 27.7. The topological polar surface area (TPSA) is 45.7 Å². The highest BCUT2D eigenvalue weighted by molar-refractivity contribution is 6.31. The van der Waals surface area contributed by atoms with E-state index in [1.807, 2.05) is 0 Å². The van der Waals surface area contributed by atoms with Crippen LogP contribution in [0, 0.1) is 5.82 Å². The van der Waals surface area contributed by atoms with Crippen LogP contribution in [0.3, 0.4) is 0 Å². The predicted molar refractivity (Wildman–Crippen MR) is 142 cm³/mol. The maximum absolute atomic E-state index is 14.6. The van der Waals surface area contributed by atoms with Crippen molar-refractivity contribution in [2.24, 2.45) is 0 Å². The normalized spacial score (nSPS) is 18.0. The lowest BCUT2D eigenvalue weighted by molar-refractivity contribution is -0.137. The first-order chi connectivity index (χ1) is 18.7. The van der Waals surface area contributed by atoms with Crippen LogP contribution in [0.15, 0.2) is 36.4 Å². The summed E-state index contributed by atoms with van der Waals surface area (Å²) in [6.45, 7) is 4.00. The molecule has 2 fully saturated rings. The van der Waals surface area contributed by atoms with E-state index in [-0.39, 0.29) is 39.3 Å². The number of likely N-dealkylation sites (tertiary alicyclic amines) is 2. The zero-order valence-electron chi connectivity index (χ0n) is 21.7. The van der Waals surface area contributed by atoms with Gasteiger partial charge in [-0.3, -0.25) is 4.90 Å². The lowest BCUT2D eigenvalue weighted by Crippen LogP contribution is -2.46. The number of methoxy groups -OCH3 is 1. The molecule has 0 bridgehead atoms. The van der Waals surface area contributed by atoms with Crippen molar-refractivity contribution in [2.75, 3.05) is 33.3 Å². The van der Waals surface area contributed by atoms with Gasteiger partial charge in [0.1, 0.15) is 5.82 Å². The summed E-state index contributed by atoms with van der Waals surface area (Å²) in [5.74, 6) is -1.44. The molecule has 5 nitrogen and oxygen atoms in total. The molecular weight excluding hydrogens is 534 g/mol. The molecule has 3 aromatic rings. The van der Waals surface area contributed by atoms with Crippen LogP contribution in [0.25, 0.3) is 22.2 Å². The van der Waals surface area contributed by atoms with E-state index in [1.165, 1.54) is 44.6 Å². The minimum atomic E-state index is -4.55. The Hall–Kier alpha value is -2.75. The number of piperidine rings is 2. The van der Waals surface area contributed by atoms with E-state index in [0.29, 0.717) is 11.6 Å². The molecular formula is C29H30ClF4N3O2. The molecule has 0 unspecified atom stereocenters. The van der Waals surface area contributed by atoms with Crippen LogP contribution in [-0.4, -0.2) is 60.1 Å². The van der Waals surface area contributed by atoms with Gasteiger partial charge in [0.2, 0.25) is 0 Å². The van der Waals surface area contributed by atoms with Crippen molar-refractivity contribution >= 4 is 28.5 Å². The van der Waals surface area contributed by atoms with E-state index in [1.54, 1.807) is 0 Å². The van der Waals surface area contributed by atoms with Crippen LogP contribution in [-0.2, 0) is 17.5 Å². The molecule has 2 aliphatic rings. The summed E-state index contributed by atoms with van der Waals surface area (Å²) in [6.07, 6.45) is 1.06. The van der Waals surface area contributed by atoms with E-state index in [0.717, 1.165) is 57.2 Å². The molecule has 2 saturated heterocycles. The molecule has 10 heteroatoms. The van der Waals surface area contributed by atoms with Crippen molar-refractivity contribution in [2.45, 2.75) is 50.9 Å². The van der Waals surface area contributed by atoms with Crippen molar-refractivity contribution in [1.29, 1.82) is 0 Å². The third-order valence-electron chi connectivity index (χ3n) is 7.83. The number of alkyl halides is 3. The lowest BCUT2D eigenvalue weighted by atomic mass is 9.94. The van der Waals surface area contributed by atoms with Crippen molar-refractivity contribution in [3.05, 3.63) is 63.9 Å². The monoisotopic (exact) mass is 563 g/mol. The molecule has 3 heterocycles. The van der Waals surface area contributed by atoms with Gasteiger partial charge in [0.25, 0.3) is 0 Å². The Labute approximate surface area is 229 Å². The van der Waals surface area contributed by atoms with Gasteiger partial charge in [0, 0.05) is 29.1 Å². The minimum absolute atomic E-state index is 0.0867. The molecule has 208 valence electrons. The summed E-state index contributed by atoms with van der Waals surface area (Å²) >= 11 is 6.02. The molecule has 0 N–H and O–H groups in total. The smallest absolute Gasteiger partial charge is 0.416 e. The second-order valence-corrected chi connectivity index (χ2v) is 10.7. The quantitative estimate of drug-likeness (QED) is 0.248. The SMILES string of the molecule is COC(=O)c1c(CN2CCC(N3CCCCC3)CC2)c(-c2cccc(C(F)(F)F)c2)nc2cc(Cl)c(F)cc12. The predicted octanol–water partition coefficient (Wildman–Crippen LogP) is 6.95. The molecule has 0 amide bonds. The Bertz CT molecular complexity index is 1370. The Morgan fingerprint density at radius 1 is 1.08 bits per heavy atom. The summed E-state index contributed by atoms with van der Waals surface area (Å²) in [5.41, 5.74) is 0.287. The molecule has 0 spiro atoms. The Kier molecular flexibility index (Phi) is 8.12. The first-order valence-corrected chi connectivity index (χ1v) is 13.6.